The quantitative estimate of drug-likeness (QED) is 0.515. The molecule has 2 aliphatic heterocycles. The Bertz CT molecular complexity index is 1190. The summed E-state index contributed by atoms with van der Waals surface area (Å²) in [5, 5.41) is 10.1. The Morgan fingerprint density at radius 1 is 1.31 bits per heavy atom. The van der Waals surface area contributed by atoms with Gasteiger partial charge in [0.1, 0.15) is 6.33 Å². The maximum Gasteiger partial charge on any atom is 0.407 e. The minimum absolute atomic E-state index is 0.204. The van der Waals surface area contributed by atoms with Gasteiger partial charge in [-0.2, -0.15) is 0 Å². The summed E-state index contributed by atoms with van der Waals surface area (Å²) in [5.74, 6) is 2.00. The lowest BCUT2D eigenvalue weighted by Gasteiger charge is -2.30. The highest BCUT2D eigenvalue weighted by Gasteiger charge is 2.25. The van der Waals surface area contributed by atoms with Gasteiger partial charge in [0.2, 0.25) is 6.79 Å². The molecule has 168 valence electrons. The van der Waals surface area contributed by atoms with Crippen molar-refractivity contribution >= 4 is 50.8 Å². The van der Waals surface area contributed by atoms with Gasteiger partial charge in [0.25, 0.3) is 0 Å². The van der Waals surface area contributed by atoms with Crippen LogP contribution in [0.1, 0.15) is 19.3 Å². The summed E-state index contributed by atoms with van der Waals surface area (Å²) >= 11 is 5.08. The number of carbonyl (C=O) groups is 1. The van der Waals surface area contributed by atoms with Crippen molar-refractivity contribution in [2.45, 2.75) is 35.9 Å². The van der Waals surface area contributed by atoms with Crippen LogP contribution in [0.3, 0.4) is 0 Å². The van der Waals surface area contributed by atoms with E-state index < -0.39 is 6.09 Å². The topological polar surface area (TPSA) is 129 Å². The van der Waals surface area contributed by atoms with Gasteiger partial charge in [-0.15, -0.1) is 0 Å². The zero-order valence-electron chi connectivity index (χ0n) is 17.0. The summed E-state index contributed by atoms with van der Waals surface area (Å²) in [6, 6.07) is 3.80. The van der Waals surface area contributed by atoms with Gasteiger partial charge in [0.15, 0.2) is 33.6 Å². The van der Waals surface area contributed by atoms with Gasteiger partial charge < -0.3 is 29.8 Å². The van der Waals surface area contributed by atoms with Crippen LogP contribution in [0, 0.1) is 5.92 Å². The highest BCUT2D eigenvalue weighted by atomic mass is 79.9. The van der Waals surface area contributed by atoms with Crippen LogP contribution in [0.5, 0.6) is 11.5 Å². The van der Waals surface area contributed by atoms with E-state index in [2.05, 4.69) is 25.9 Å². The fraction of sp³-hybridized carbons (Fsp3) is 0.400. The number of imidazole rings is 1. The zero-order chi connectivity index (χ0) is 22.2. The molecule has 2 aromatic heterocycles. The SMILES string of the molecule is Nc1ncnc2c1nc(Sc1cc3c(cc1Br)OCO3)n2CCC1CCCN(C(=O)O)C1. The molecule has 32 heavy (non-hydrogen) atoms. The van der Waals surface area contributed by atoms with Crippen LogP contribution in [0.15, 0.2) is 33.0 Å². The number of likely N-dealkylation sites (tertiary alicyclic amines) is 1. The van der Waals surface area contributed by atoms with Gasteiger partial charge >= 0.3 is 6.09 Å². The lowest BCUT2D eigenvalue weighted by molar-refractivity contribution is 0.117. The molecule has 1 atom stereocenters. The molecule has 10 nitrogen and oxygen atoms in total. The number of halogens is 1. The Hall–Kier alpha value is -2.73. The molecule has 0 bridgehead atoms. The maximum absolute atomic E-state index is 11.4. The first-order valence-corrected chi connectivity index (χ1v) is 11.8. The molecule has 0 radical (unpaired) electrons. The average Bonchev–Trinajstić information content (AvgIpc) is 3.37. The van der Waals surface area contributed by atoms with Crippen molar-refractivity contribution in [1.82, 2.24) is 24.4 Å². The summed E-state index contributed by atoms with van der Waals surface area (Å²) in [6.07, 6.45) is 3.28. The van der Waals surface area contributed by atoms with Crippen molar-refractivity contribution < 1.29 is 19.4 Å². The standard InChI is InChI=1S/C20H21BrN6O4S/c21-12-6-13-14(31-10-30-13)7-15(12)32-19-25-16-17(22)23-9-24-18(16)27(19)5-3-11-2-1-4-26(8-11)20(28)29/h6-7,9,11H,1-5,8,10H2,(H,28,29)(H2,22,23,24). The number of aromatic nitrogens is 4. The lowest BCUT2D eigenvalue weighted by Crippen LogP contribution is -2.39. The monoisotopic (exact) mass is 520 g/mol. The third-order valence-corrected chi connectivity index (χ3v) is 7.67. The normalized spacial score (nSPS) is 17.8. The van der Waals surface area contributed by atoms with Crippen molar-refractivity contribution in [2.75, 3.05) is 25.6 Å². The number of hydrogen-bond donors (Lipinski definition) is 2. The predicted molar refractivity (Wildman–Crippen MR) is 121 cm³/mol. The Morgan fingerprint density at radius 3 is 2.94 bits per heavy atom. The average molecular weight is 521 g/mol. The minimum atomic E-state index is -0.854. The van der Waals surface area contributed by atoms with Crippen LogP contribution < -0.4 is 15.2 Å². The molecule has 1 saturated heterocycles. The van der Waals surface area contributed by atoms with Crippen LogP contribution in [0.2, 0.25) is 0 Å². The summed E-state index contributed by atoms with van der Waals surface area (Å²) in [4.78, 5) is 27.0. The van der Waals surface area contributed by atoms with Gasteiger partial charge in [-0.05, 0) is 53.2 Å². The largest absolute Gasteiger partial charge is 0.465 e. The number of rotatable bonds is 5. The second kappa shape index (κ2) is 8.66. The molecule has 0 spiro atoms. The third kappa shape index (κ3) is 4.04. The fourth-order valence-corrected chi connectivity index (χ4v) is 5.58. The van der Waals surface area contributed by atoms with E-state index >= 15 is 0 Å². The predicted octanol–water partition coefficient (Wildman–Crippen LogP) is 3.83. The molecule has 1 amide bonds. The number of carboxylic acid groups (broad SMARTS) is 1. The highest BCUT2D eigenvalue weighted by Crippen LogP contribution is 2.43. The molecule has 1 unspecified atom stereocenters. The van der Waals surface area contributed by atoms with E-state index in [1.165, 1.54) is 23.0 Å². The number of benzene rings is 1. The number of amides is 1. The molecule has 0 aliphatic carbocycles. The number of nitrogens with zero attached hydrogens (tertiary/aromatic N) is 5. The number of nitrogens with two attached hydrogens (primary N) is 1. The Kier molecular flexibility index (Phi) is 5.72. The van der Waals surface area contributed by atoms with E-state index in [0.717, 1.165) is 33.8 Å². The number of aryl methyl sites for hydroxylation is 1. The smallest absolute Gasteiger partial charge is 0.407 e. The van der Waals surface area contributed by atoms with Crippen molar-refractivity contribution in [2.24, 2.45) is 5.92 Å². The molecular formula is C20H21BrN6O4S. The number of anilines is 1. The summed E-state index contributed by atoms with van der Waals surface area (Å²) in [7, 11) is 0. The minimum Gasteiger partial charge on any atom is -0.465 e. The van der Waals surface area contributed by atoms with Crippen molar-refractivity contribution in [3.63, 3.8) is 0 Å². The van der Waals surface area contributed by atoms with Gasteiger partial charge in [-0.25, -0.2) is 19.7 Å². The molecule has 5 rings (SSSR count). The molecule has 3 aromatic rings. The van der Waals surface area contributed by atoms with Crippen LogP contribution >= 0.6 is 27.7 Å². The van der Waals surface area contributed by atoms with Gasteiger partial charge in [0.05, 0.1) is 0 Å². The van der Waals surface area contributed by atoms with E-state index in [9.17, 15) is 9.90 Å². The van der Waals surface area contributed by atoms with Crippen molar-refractivity contribution in [3.05, 3.63) is 22.9 Å². The van der Waals surface area contributed by atoms with Crippen molar-refractivity contribution in [3.8, 4) is 11.5 Å². The van der Waals surface area contributed by atoms with Gasteiger partial charge in [-0.1, -0.05) is 11.8 Å². The molecule has 1 aromatic carbocycles. The molecule has 1 fully saturated rings. The molecule has 0 saturated carbocycles. The van der Waals surface area contributed by atoms with E-state index in [1.807, 2.05) is 16.7 Å². The van der Waals surface area contributed by atoms with Crippen LogP contribution in [0.25, 0.3) is 11.2 Å². The van der Waals surface area contributed by atoms with Crippen LogP contribution in [-0.2, 0) is 6.54 Å². The summed E-state index contributed by atoms with van der Waals surface area (Å²) in [5.41, 5.74) is 7.30. The summed E-state index contributed by atoms with van der Waals surface area (Å²) < 4.78 is 13.9. The maximum atomic E-state index is 11.4. The van der Waals surface area contributed by atoms with E-state index in [4.69, 9.17) is 20.2 Å². The van der Waals surface area contributed by atoms with E-state index in [1.54, 1.807) is 0 Å². The number of hydrogen-bond acceptors (Lipinski definition) is 8. The first kappa shape index (κ1) is 21.1. The van der Waals surface area contributed by atoms with Crippen LogP contribution in [-0.4, -0.2) is 55.5 Å². The summed E-state index contributed by atoms with van der Waals surface area (Å²) in [6.45, 7) is 2.00. The molecule has 3 N–H and O–H groups in total. The second-order valence-corrected chi connectivity index (χ2v) is 9.60. The van der Waals surface area contributed by atoms with Gasteiger partial charge in [0, 0.05) is 29.0 Å². The molecule has 4 heterocycles. The number of piperidine rings is 1. The fourth-order valence-electron chi connectivity index (χ4n) is 4.07. The molecule has 12 heteroatoms. The Labute approximate surface area is 196 Å². The van der Waals surface area contributed by atoms with Crippen LogP contribution in [0.4, 0.5) is 10.6 Å². The van der Waals surface area contributed by atoms with E-state index in [0.29, 0.717) is 48.1 Å². The van der Waals surface area contributed by atoms with Crippen molar-refractivity contribution in [1.29, 1.82) is 0 Å². The Balaban J connectivity index is 1.44. The first-order valence-electron chi connectivity index (χ1n) is 10.2. The molecular weight excluding hydrogens is 500 g/mol. The number of nitrogen functional groups attached to an aromatic ring is 1. The number of ether oxygens (including phenoxy) is 2. The number of fused-ring (bicyclic) bond motifs is 2. The second-order valence-electron chi connectivity index (χ2n) is 7.74. The van der Waals surface area contributed by atoms with E-state index in [-0.39, 0.29) is 12.7 Å². The zero-order valence-corrected chi connectivity index (χ0v) is 19.4. The molecule has 2 aliphatic rings. The first-order chi connectivity index (χ1) is 15.5. The highest BCUT2D eigenvalue weighted by molar-refractivity contribution is 9.10. The Morgan fingerprint density at radius 2 is 2.12 bits per heavy atom. The lowest BCUT2D eigenvalue weighted by atomic mass is 9.95. The van der Waals surface area contributed by atoms with Gasteiger partial charge in [-0.3, -0.25) is 0 Å². The third-order valence-electron chi connectivity index (χ3n) is 5.70.